The van der Waals surface area contributed by atoms with Crippen molar-refractivity contribution in [1.29, 1.82) is 0 Å². The van der Waals surface area contributed by atoms with E-state index in [0.717, 1.165) is 48.0 Å². The van der Waals surface area contributed by atoms with Gasteiger partial charge in [-0.15, -0.1) is 0 Å². The molecule has 0 radical (unpaired) electrons. The Balaban J connectivity index is 1.61. The molecule has 7 atom stereocenters. The average Bonchev–Trinajstić information content (AvgIpc) is 2.82. The van der Waals surface area contributed by atoms with Gasteiger partial charge in [0.15, 0.2) is 0 Å². The molecule has 0 spiro atoms. The van der Waals surface area contributed by atoms with Gasteiger partial charge in [-0.25, -0.2) is 0 Å². The quantitative estimate of drug-likeness (QED) is 0.625. The summed E-state index contributed by atoms with van der Waals surface area (Å²) in [4.78, 5) is 11.9. The number of fused-ring (bicyclic) bond motifs is 5. The second-order valence-electron chi connectivity index (χ2n) is 8.75. The number of rotatable bonds is 0. The van der Waals surface area contributed by atoms with Crippen LogP contribution < -0.4 is 0 Å². The Kier molecular flexibility index (Phi) is 3.18. The van der Waals surface area contributed by atoms with Crippen molar-refractivity contribution in [2.24, 2.45) is 35.0 Å². The zero-order valence-electron chi connectivity index (χ0n) is 13.2. The fraction of sp³-hybridized carbons (Fsp3) is 0.944. The van der Waals surface area contributed by atoms with Gasteiger partial charge < -0.3 is 0 Å². The molecule has 1 nitrogen and oxygen atoms in total. The third-order valence-electron chi connectivity index (χ3n) is 8.16. The van der Waals surface area contributed by atoms with Gasteiger partial charge in [0.1, 0.15) is 5.78 Å². The van der Waals surface area contributed by atoms with E-state index in [2.05, 4.69) is 6.92 Å². The van der Waals surface area contributed by atoms with Gasteiger partial charge in [-0.1, -0.05) is 18.9 Å². The van der Waals surface area contributed by atoms with Crippen LogP contribution in [-0.2, 0) is 4.79 Å². The van der Waals surface area contributed by atoms with Gasteiger partial charge in [-0.3, -0.25) is 4.79 Å². The maximum absolute atomic E-state index is 11.9. The number of hydrogen-bond donors (Lipinski definition) is 0. The maximum atomic E-state index is 11.9. The minimum absolute atomic E-state index is 0.519. The molecule has 4 saturated carbocycles. The van der Waals surface area contributed by atoms with E-state index in [0.29, 0.717) is 11.2 Å². The number of carbonyl (C=O) groups is 1. The zero-order valence-corrected chi connectivity index (χ0v) is 15.2. The minimum Gasteiger partial charge on any atom is -0.300 e. The Bertz CT molecular complexity index is 420. The van der Waals surface area contributed by atoms with Gasteiger partial charge in [0.2, 0.25) is 0 Å². The van der Waals surface area contributed by atoms with Gasteiger partial charge in [-0.05, 0) is 73.5 Å². The highest BCUT2D eigenvalue weighted by atomic mass is 28.1. The molecule has 0 bridgehead atoms. The summed E-state index contributed by atoms with van der Waals surface area (Å²) in [6, 6.07) is 0. The summed E-state index contributed by atoms with van der Waals surface area (Å²) in [5.41, 5.74) is 1.64. The molecule has 5 unspecified atom stereocenters. The SMILES string of the molecule is C[C@]12CCC(=O)CC1CCC1C3CC[C@H]([SiH3])C3CCC12. The minimum atomic E-state index is 0.519. The molecule has 4 fully saturated rings. The molecule has 0 aromatic carbocycles. The first kappa shape index (κ1) is 13.5. The Morgan fingerprint density at radius 1 is 1.00 bits per heavy atom. The number of ketones is 1. The van der Waals surface area contributed by atoms with Crippen LogP contribution in [0.2, 0.25) is 5.54 Å². The van der Waals surface area contributed by atoms with E-state index >= 15 is 0 Å². The third-order valence-corrected chi connectivity index (χ3v) is 9.59. The second-order valence-corrected chi connectivity index (χ2v) is 10.2. The molecule has 112 valence electrons. The molecule has 20 heavy (non-hydrogen) atoms. The molecular weight excluding hydrogens is 260 g/mol. The van der Waals surface area contributed by atoms with Crippen LogP contribution in [-0.4, -0.2) is 16.0 Å². The van der Waals surface area contributed by atoms with Crippen LogP contribution in [0, 0.1) is 35.0 Å². The highest BCUT2D eigenvalue weighted by Crippen LogP contribution is 2.63. The summed E-state index contributed by atoms with van der Waals surface area (Å²) < 4.78 is 0. The first-order chi connectivity index (χ1) is 9.59. The smallest absolute Gasteiger partial charge is 0.133 e. The van der Waals surface area contributed by atoms with Crippen molar-refractivity contribution < 1.29 is 4.79 Å². The van der Waals surface area contributed by atoms with Crippen molar-refractivity contribution in [2.45, 2.75) is 70.3 Å². The van der Waals surface area contributed by atoms with E-state index in [-0.39, 0.29) is 0 Å². The van der Waals surface area contributed by atoms with Crippen molar-refractivity contribution in [3.8, 4) is 0 Å². The second kappa shape index (κ2) is 4.69. The van der Waals surface area contributed by atoms with Crippen molar-refractivity contribution in [2.75, 3.05) is 0 Å². The van der Waals surface area contributed by atoms with E-state index in [1.165, 1.54) is 42.3 Å². The van der Waals surface area contributed by atoms with Crippen LogP contribution in [0.25, 0.3) is 0 Å². The first-order valence-electron chi connectivity index (χ1n) is 9.11. The van der Waals surface area contributed by atoms with E-state index in [9.17, 15) is 4.79 Å². The summed E-state index contributed by atoms with van der Waals surface area (Å²) >= 11 is 0. The molecule has 0 aromatic rings. The predicted molar refractivity (Wildman–Crippen MR) is 85.8 cm³/mol. The summed E-state index contributed by atoms with van der Waals surface area (Å²) in [5.74, 6) is 5.46. The summed E-state index contributed by atoms with van der Waals surface area (Å²) in [6.45, 7) is 2.56. The Morgan fingerprint density at radius 2 is 1.75 bits per heavy atom. The lowest BCUT2D eigenvalue weighted by atomic mass is 9.47. The Labute approximate surface area is 126 Å². The van der Waals surface area contributed by atoms with Crippen LogP contribution in [0.5, 0.6) is 0 Å². The fourth-order valence-corrected chi connectivity index (χ4v) is 8.15. The molecule has 0 N–H and O–H groups in total. The van der Waals surface area contributed by atoms with Crippen molar-refractivity contribution in [1.82, 2.24) is 0 Å². The average molecular weight is 291 g/mol. The molecule has 0 saturated heterocycles. The van der Waals surface area contributed by atoms with Crippen molar-refractivity contribution in [3.05, 3.63) is 0 Å². The Hall–Kier alpha value is -0.113. The first-order valence-corrected chi connectivity index (χ1v) is 10.3. The topological polar surface area (TPSA) is 17.1 Å². The van der Waals surface area contributed by atoms with Gasteiger partial charge >= 0.3 is 0 Å². The van der Waals surface area contributed by atoms with Crippen molar-refractivity contribution >= 4 is 16.0 Å². The standard InChI is InChI=1S/C18H30OSi/c1-18-9-8-12(19)10-11(18)2-3-14-13-5-7-17(20)15(13)4-6-16(14)18/h11,13-17H,2-10H2,1,20H3/t11?,13?,14?,15?,16?,17-,18-/m0/s1. The fourth-order valence-electron chi connectivity index (χ4n) is 6.99. The normalized spacial score (nSPS) is 55.1. The monoisotopic (exact) mass is 290 g/mol. The highest BCUT2D eigenvalue weighted by Gasteiger charge is 2.55. The lowest BCUT2D eigenvalue weighted by Gasteiger charge is -2.58. The largest absolute Gasteiger partial charge is 0.300 e. The van der Waals surface area contributed by atoms with Crippen LogP contribution in [0.3, 0.4) is 0 Å². The van der Waals surface area contributed by atoms with Crippen LogP contribution in [0.1, 0.15) is 64.7 Å². The van der Waals surface area contributed by atoms with Crippen molar-refractivity contribution in [3.63, 3.8) is 0 Å². The number of hydrogen-bond acceptors (Lipinski definition) is 1. The lowest BCUT2D eigenvalue weighted by molar-refractivity contribution is -0.134. The molecule has 0 aliphatic heterocycles. The van der Waals surface area contributed by atoms with E-state index < -0.39 is 0 Å². The predicted octanol–water partition coefficient (Wildman–Crippen LogP) is 3.36. The van der Waals surface area contributed by atoms with E-state index in [1.807, 2.05) is 0 Å². The molecular formula is C18H30OSi. The van der Waals surface area contributed by atoms with E-state index in [1.54, 1.807) is 12.8 Å². The summed E-state index contributed by atoms with van der Waals surface area (Å²) in [7, 11) is 1.43. The molecule has 4 aliphatic rings. The van der Waals surface area contributed by atoms with E-state index in [4.69, 9.17) is 0 Å². The van der Waals surface area contributed by atoms with Crippen LogP contribution in [0.4, 0.5) is 0 Å². The zero-order chi connectivity index (χ0) is 13.9. The molecule has 0 heterocycles. The van der Waals surface area contributed by atoms with Gasteiger partial charge in [0.05, 0.1) is 0 Å². The molecule has 0 amide bonds. The molecule has 4 rings (SSSR count). The third kappa shape index (κ3) is 1.82. The molecule has 0 aromatic heterocycles. The summed E-state index contributed by atoms with van der Waals surface area (Å²) in [6.07, 6.45) is 11.9. The molecule has 4 aliphatic carbocycles. The van der Waals surface area contributed by atoms with Gasteiger partial charge in [-0.2, -0.15) is 0 Å². The van der Waals surface area contributed by atoms with Crippen LogP contribution >= 0.6 is 0 Å². The highest BCUT2D eigenvalue weighted by molar-refractivity contribution is 6.12. The number of carbonyl (C=O) groups excluding carboxylic acids is 1. The van der Waals surface area contributed by atoms with Gasteiger partial charge in [0, 0.05) is 23.1 Å². The van der Waals surface area contributed by atoms with Crippen LogP contribution in [0.15, 0.2) is 0 Å². The summed E-state index contributed by atoms with van der Waals surface area (Å²) in [5, 5.41) is 0. The van der Waals surface area contributed by atoms with Gasteiger partial charge in [0.25, 0.3) is 0 Å². The molecule has 2 heteroatoms. The lowest BCUT2D eigenvalue weighted by Crippen LogP contribution is -2.51. The number of Topliss-reactive ketones (excluding diaryl/α,β-unsaturated/α-hetero) is 1. The Morgan fingerprint density at radius 3 is 2.60 bits per heavy atom. The maximum Gasteiger partial charge on any atom is 0.133 e.